The van der Waals surface area contributed by atoms with Crippen LogP contribution in [0.25, 0.3) is 0 Å². The van der Waals surface area contributed by atoms with Crippen molar-refractivity contribution in [2.75, 3.05) is 27.2 Å². The van der Waals surface area contributed by atoms with Crippen LogP contribution in [0.1, 0.15) is 44.1 Å². The summed E-state index contributed by atoms with van der Waals surface area (Å²) in [5.74, 6) is 1.82. The molecule has 1 aromatic rings. The predicted octanol–water partition coefficient (Wildman–Crippen LogP) is 3.20. The number of carbonyl (C=O) groups excluding carboxylic acids is 1. The summed E-state index contributed by atoms with van der Waals surface area (Å²) in [7, 11) is 4.11. The van der Waals surface area contributed by atoms with Crippen molar-refractivity contribution in [1.82, 2.24) is 10.2 Å². The van der Waals surface area contributed by atoms with Gasteiger partial charge in [0.2, 0.25) is 5.91 Å². The fourth-order valence-electron chi connectivity index (χ4n) is 6.24. The van der Waals surface area contributed by atoms with Crippen molar-refractivity contribution in [2.45, 2.75) is 43.9 Å². The standard InChI is InChI=1S/C21H30N2O/c1-23(2)9-8-22-19(24)21-13-16-10-17(14-21)12-20(11-16,15-21)18-6-4-3-5-7-18/h3-7,16-17H,8-15H2,1-2H3,(H,22,24)/t16-,17-,20?,21?/m0/s1. The molecule has 4 fully saturated rings. The van der Waals surface area contributed by atoms with Crippen molar-refractivity contribution < 1.29 is 4.79 Å². The quantitative estimate of drug-likeness (QED) is 0.901. The monoisotopic (exact) mass is 326 g/mol. The van der Waals surface area contributed by atoms with Crippen LogP contribution in [0, 0.1) is 17.3 Å². The molecule has 0 unspecified atom stereocenters. The highest BCUT2D eigenvalue weighted by molar-refractivity contribution is 5.83. The van der Waals surface area contributed by atoms with E-state index in [2.05, 4.69) is 54.6 Å². The van der Waals surface area contributed by atoms with E-state index in [0.29, 0.717) is 5.91 Å². The molecular weight excluding hydrogens is 296 g/mol. The lowest BCUT2D eigenvalue weighted by Gasteiger charge is -2.61. The van der Waals surface area contributed by atoms with Crippen LogP contribution in [0.5, 0.6) is 0 Å². The van der Waals surface area contributed by atoms with E-state index in [1.54, 1.807) is 0 Å². The summed E-state index contributed by atoms with van der Waals surface area (Å²) in [6, 6.07) is 11.0. The molecule has 130 valence electrons. The van der Waals surface area contributed by atoms with Crippen molar-refractivity contribution >= 4 is 5.91 Å². The first-order valence-corrected chi connectivity index (χ1v) is 9.50. The number of nitrogens with one attached hydrogen (secondary N) is 1. The number of benzene rings is 1. The number of carbonyl (C=O) groups is 1. The maximum Gasteiger partial charge on any atom is 0.226 e. The lowest BCUT2D eigenvalue weighted by Crippen LogP contribution is -2.59. The van der Waals surface area contributed by atoms with E-state index in [9.17, 15) is 4.79 Å². The average molecular weight is 326 g/mol. The molecule has 4 aliphatic rings. The van der Waals surface area contributed by atoms with Gasteiger partial charge in [-0.2, -0.15) is 0 Å². The van der Waals surface area contributed by atoms with E-state index in [-0.39, 0.29) is 10.8 Å². The number of rotatable bonds is 5. The van der Waals surface area contributed by atoms with Crippen molar-refractivity contribution in [2.24, 2.45) is 17.3 Å². The summed E-state index contributed by atoms with van der Waals surface area (Å²) < 4.78 is 0. The number of likely N-dealkylation sites (N-methyl/N-ethyl adjacent to an activating group) is 1. The lowest BCUT2D eigenvalue weighted by molar-refractivity contribution is -0.149. The van der Waals surface area contributed by atoms with Crippen molar-refractivity contribution in [3.8, 4) is 0 Å². The molecule has 4 bridgehead atoms. The maximum absolute atomic E-state index is 13.1. The van der Waals surface area contributed by atoms with Crippen LogP contribution < -0.4 is 5.32 Å². The molecule has 0 aromatic heterocycles. The highest BCUT2D eigenvalue weighted by atomic mass is 16.2. The molecule has 4 aliphatic carbocycles. The smallest absolute Gasteiger partial charge is 0.226 e. The molecule has 4 saturated carbocycles. The maximum atomic E-state index is 13.1. The molecular formula is C21H30N2O. The Morgan fingerprint density at radius 2 is 1.79 bits per heavy atom. The largest absolute Gasteiger partial charge is 0.354 e. The van der Waals surface area contributed by atoms with E-state index in [1.807, 2.05) is 0 Å². The molecule has 0 aliphatic heterocycles. The minimum atomic E-state index is -0.105. The summed E-state index contributed by atoms with van der Waals surface area (Å²) in [5.41, 5.74) is 1.63. The second-order valence-corrected chi connectivity index (χ2v) is 8.95. The van der Waals surface area contributed by atoms with E-state index in [4.69, 9.17) is 0 Å². The third-order valence-corrected chi connectivity index (χ3v) is 6.77. The second-order valence-electron chi connectivity index (χ2n) is 8.95. The van der Waals surface area contributed by atoms with Gasteiger partial charge in [0, 0.05) is 13.1 Å². The molecule has 0 radical (unpaired) electrons. The zero-order valence-corrected chi connectivity index (χ0v) is 15.1. The fraction of sp³-hybridized carbons (Fsp3) is 0.667. The zero-order valence-electron chi connectivity index (χ0n) is 15.1. The van der Waals surface area contributed by atoms with Gasteiger partial charge in [0.15, 0.2) is 0 Å². The number of hydrogen-bond donors (Lipinski definition) is 1. The average Bonchev–Trinajstić information content (AvgIpc) is 2.54. The minimum Gasteiger partial charge on any atom is -0.354 e. The van der Waals surface area contributed by atoms with Crippen LogP contribution in [-0.4, -0.2) is 38.0 Å². The Bertz CT molecular complexity index is 596. The van der Waals surface area contributed by atoms with Crippen LogP contribution in [0.3, 0.4) is 0 Å². The van der Waals surface area contributed by atoms with Crippen LogP contribution in [0.4, 0.5) is 0 Å². The highest BCUT2D eigenvalue weighted by Gasteiger charge is 2.60. The molecule has 1 N–H and O–H groups in total. The van der Waals surface area contributed by atoms with Gasteiger partial charge in [-0.3, -0.25) is 4.79 Å². The molecule has 0 saturated heterocycles. The third kappa shape index (κ3) is 2.67. The first-order valence-electron chi connectivity index (χ1n) is 9.50. The van der Waals surface area contributed by atoms with E-state index >= 15 is 0 Å². The van der Waals surface area contributed by atoms with Gasteiger partial charge in [0.25, 0.3) is 0 Å². The van der Waals surface area contributed by atoms with Gasteiger partial charge in [-0.1, -0.05) is 30.3 Å². The lowest BCUT2D eigenvalue weighted by atomic mass is 9.42. The summed E-state index contributed by atoms with van der Waals surface area (Å²) in [4.78, 5) is 15.3. The normalized spacial score (nSPS) is 37.0. The summed E-state index contributed by atoms with van der Waals surface area (Å²) in [6.45, 7) is 1.68. The minimum absolute atomic E-state index is 0.105. The Morgan fingerprint density at radius 1 is 1.12 bits per heavy atom. The van der Waals surface area contributed by atoms with E-state index in [1.165, 1.54) is 24.8 Å². The van der Waals surface area contributed by atoms with Gasteiger partial charge in [-0.25, -0.2) is 0 Å². The fourth-order valence-corrected chi connectivity index (χ4v) is 6.24. The van der Waals surface area contributed by atoms with E-state index < -0.39 is 0 Å². The second kappa shape index (κ2) is 5.87. The summed E-state index contributed by atoms with van der Waals surface area (Å²) in [6.07, 6.45) is 7.23. The Labute approximate surface area is 145 Å². The molecule has 24 heavy (non-hydrogen) atoms. The Balaban J connectivity index is 1.58. The zero-order chi connectivity index (χ0) is 16.8. The first kappa shape index (κ1) is 16.1. The Hall–Kier alpha value is -1.35. The number of hydrogen-bond acceptors (Lipinski definition) is 2. The van der Waals surface area contributed by atoms with Gasteiger partial charge < -0.3 is 10.2 Å². The molecule has 0 heterocycles. The summed E-state index contributed by atoms with van der Waals surface area (Å²) >= 11 is 0. The molecule has 2 atom stereocenters. The predicted molar refractivity (Wildman–Crippen MR) is 96.8 cm³/mol. The van der Waals surface area contributed by atoms with Crippen LogP contribution in [0.2, 0.25) is 0 Å². The molecule has 0 spiro atoms. The highest BCUT2D eigenvalue weighted by Crippen LogP contribution is 2.65. The molecule has 5 rings (SSSR count). The Kier molecular flexibility index (Phi) is 3.95. The van der Waals surface area contributed by atoms with Crippen LogP contribution in [-0.2, 0) is 10.2 Å². The molecule has 3 nitrogen and oxygen atoms in total. The van der Waals surface area contributed by atoms with Gasteiger partial charge in [-0.05, 0) is 75.4 Å². The number of nitrogens with zero attached hydrogens (tertiary/aromatic N) is 1. The van der Waals surface area contributed by atoms with Crippen molar-refractivity contribution in [3.63, 3.8) is 0 Å². The van der Waals surface area contributed by atoms with Crippen molar-refractivity contribution in [3.05, 3.63) is 35.9 Å². The topological polar surface area (TPSA) is 32.3 Å². The van der Waals surface area contributed by atoms with Crippen molar-refractivity contribution in [1.29, 1.82) is 0 Å². The molecule has 1 amide bonds. The Morgan fingerprint density at radius 3 is 2.42 bits per heavy atom. The molecule has 1 aromatic carbocycles. The molecule has 3 heteroatoms. The van der Waals surface area contributed by atoms with Gasteiger partial charge >= 0.3 is 0 Å². The number of amides is 1. The SMILES string of the molecule is CN(C)CCNC(=O)C12C[C@H]3C[C@H](C1)CC(c1ccccc1)(C3)C2. The van der Waals surface area contributed by atoms with Gasteiger partial charge in [0.1, 0.15) is 0 Å². The summed E-state index contributed by atoms with van der Waals surface area (Å²) in [5, 5.41) is 3.26. The van der Waals surface area contributed by atoms with Gasteiger partial charge in [-0.15, -0.1) is 0 Å². The van der Waals surface area contributed by atoms with Gasteiger partial charge in [0.05, 0.1) is 5.41 Å². The third-order valence-electron chi connectivity index (χ3n) is 6.77. The van der Waals surface area contributed by atoms with Crippen LogP contribution >= 0.6 is 0 Å². The van der Waals surface area contributed by atoms with Crippen LogP contribution in [0.15, 0.2) is 30.3 Å². The van der Waals surface area contributed by atoms with E-state index in [0.717, 1.165) is 44.2 Å². The first-order chi connectivity index (χ1) is 11.5.